The summed E-state index contributed by atoms with van der Waals surface area (Å²) in [5, 5.41) is 14.1. The molecule has 0 bridgehead atoms. The fourth-order valence-electron chi connectivity index (χ4n) is 4.93. The molecule has 0 radical (unpaired) electrons. The number of aliphatic hydroxyl groups is 1. The summed E-state index contributed by atoms with van der Waals surface area (Å²) >= 11 is 0. The number of benzene rings is 1. The van der Waals surface area contributed by atoms with Gasteiger partial charge in [0, 0.05) is 26.1 Å². The first-order valence-corrected chi connectivity index (χ1v) is 14.5. The smallest absolute Gasteiger partial charge is 0.220 e. The summed E-state index contributed by atoms with van der Waals surface area (Å²) in [5.74, 6) is 0.0529. The molecule has 200 valence electrons. The van der Waals surface area contributed by atoms with E-state index in [1.165, 1.54) is 77.0 Å². The van der Waals surface area contributed by atoms with Gasteiger partial charge in [-0.1, -0.05) is 121 Å². The van der Waals surface area contributed by atoms with E-state index in [2.05, 4.69) is 17.1 Å². The van der Waals surface area contributed by atoms with Crippen LogP contribution in [-0.2, 0) is 9.53 Å². The molecular weight excluding hydrogens is 436 g/mol. The normalized spacial score (nSPS) is 16.2. The van der Waals surface area contributed by atoms with E-state index < -0.39 is 6.10 Å². The summed E-state index contributed by atoms with van der Waals surface area (Å²) < 4.78 is 5.45. The highest BCUT2D eigenvalue weighted by molar-refractivity contribution is 5.76. The zero-order valence-corrected chi connectivity index (χ0v) is 22.4. The zero-order chi connectivity index (χ0) is 25.0. The molecular formula is C30H52N2O3. The van der Waals surface area contributed by atoms with E-state index in [1.807, 2.05) is 30.3 Å². The van der Waals surface area contributed by atoms with Crippen LogP contribution >= 0.6 is 0 Å². The Kier molecular flexibility index (Phi) is 16.8. The lowest BCUT2D eigenvalue weighted by Gasteiger charge is -2.33. The predicted molar refractivity (Wildman–Crippen MR) is 146 cm³/mol. The highest BCUT2D eigenvalue weighted by Gasteiger charge is 2.26. The number of hydrogen-bond donors (Lipinski definition) is 2. The number of carbonyl (C=O) groups excluding carboxylic acids is 1. The van der Waals surface area contributed by atoms with Crippen molar-refractivity contribution in [3.05, 3.63) is 35.9 Å². The van der Waals surface area contributed by atoms with Gasteiger partial charge in [0.15, 0.2) is 0 Å². The van der Waals surface area contributed by atoms with Crippen LogP contribution in [0.15, 0.2) is 30.3 Å². The Morgan fingerprint density at radius 2 is 1.37 bits per heavy atom. The standard InChI is InChI=1S/C30H52N2O3/c1-2-3-4-5-6-7-8-9-10-11-12-13-14-18-21-29(33)31-28(26-32-22-24-35-25-23-32)30(34)27-19-16-15-17-20-27/h15-17,19-20,28,30,34H,2-14,18,21-26H2,1H3,(H,31,33)/t28-,30+/m0/s1. The first-order chi connectivity index (χ1) is 17.2. The van der Waals surface area contributed by atoms with Crippen LogP contribution in [0.4, 0.5) is 0 Å². The molecule has 1 heterocycles. The van der Waals surface area contributed by atoms with Crippen molar-refractivity contribution >= 4 is 5.91 Å². The van der Waals surface area contributed by atoms with Crippen LogP contribution in [0.2, 0.25) is 0 Å². The van der Waals surface area contributed by atoms with E-state index in [9.17, 15) is 9.90 Å². The first-order valence-electron chi connectivity index (χ1n) is 14.5. The molecule has 1 aliphatic heterocycles. The second-order valence-electron chi connectivity index (χ2n) is 10.3. The molecule has 0 unspecified atom stereocenters. The monoisotopic (exact) mass is 488 g/mol. The van der Waals surface area contributed by atoms with E-state index in [0.29, 0.717) is 26.2 Å². The minimum absolute atomic E-state index is 0.0529. The van der Waals surface area contributed by atoms with Crippen LogP contribution in [0.5, 0.6) is 0 Å². The Balaban J connectivity index is 1.56. The van der Waals surface area contributed by atoms with Crippen molar-refractivity contribution in [3.63, 3.8) is 0 Å². The average molecular weight is 489 g/mol. The van der Waals surface area contributed by atoms with Crippen LogP contribution < -0.4 is 5.32 Å². The van der Waals surface area contributed by atoms with Crippen molar-refractivity contribution in [2.24, 2.45) is 0 Å². The molecule has 2 rings (SSSR count). The second kappa shape index (κ2) is 19.7. The minimum Gasteiger partial charge on any atom is -0.386 e. The van der Waals surface area contributed by atoms with Gasteiger partial charge in [0.2, 0.25) is 5.91 Å². The molecule has 1 aliphatic rings. The van der Waals surface area contributed by atoms with Gasteiger partial charge < -0.3 is 15.2 Å². The number of amides is 1. The summed E-state index contributed by atoms with van der Waals surface area (Å²) in [6.45, 7) is 6.02. The fourth-order valence-corrected chi connectivity index (χ4v) is 4.93. The molecule has 1 aromatic rings. The lowest BCUT2D eigenvalue weighted by molar-refractivity contribution is -0.123. The van der Waals surface area contributed by atoms with Crippen molar-refractivity contribution in [3.8, 4) is 0 Å². The van der Waals surface area contributed by atoms with Crippen LogP contribution in [0, 0.1) is 0 Å². The van der Waals surface area contributed by atoms with Gasteiger partial charge in [-0.2, -0.15) is 0 Å². The van der Waals surface area contributed by atoms with Gasteiger partial charge in [-0.15, -0.1) is 0 Å². The van der Waals surface area contributed by atoms with Gasteiger partial charge in [-0.3, -0.25) is 9.69 Å². The fraction of sp³-hybridized carbons (Fsp3) is 0.767. The number of morpholine rings is 1. The Morgan fingerprint density at radius 3 is 1.91 bits per heavy atom. The van der Waals surface area contributed by atoms with Gasteiger partial charge in [0.25, 0.3) is 0 Å². The second-order valence-corrected chi connectivity index (χ2v) is 10.3. The van der Waals surface area contributed by atoms with Crippen LogP contribution in [-0.4, -0.2) is 54.8 Å². The molecule has 1 saturated heterocycles. The number of aliphatic hydroxyl groups excluding tert-OH is 1. The molecule has 35 heavy (non-hydrogen) atoms. The molecule has 0 aliphatic carbocycles. The maximum absolute atomic E-state index is 12.7. The van der Waals surface area contributed by atoms with E-state index in [1.54, 1.807) is 0 Å². The molecule has 1 aromatic carbocycles. The largest absolute Gasteiger partial charge is 0.386 e. The van der Waals surface area contributed by atoms with Crippen molar-refractivity contribution in [1.82, 2.24) is 10.2 Å². The topological polar surface area (TPSA) is 61.8 Å². The van der Waals surface area contributed by atoms with Gasteiger partial charge in [-0.25, -0.2) is 0 Å². The van der Waals surface area contributed by atoms with E-state index in [0.717, 1.165) is 31.5 Å². The molecule has 0 aromatic heterocycles. The maximum Gasteiger partial charge on any atom is 0.220 e. The number of nitrogens with one attached hydrogen (secondary N) is 1. The van der Waals surface area contributed by atoms with Gasteiger partial charge >= 0.3 is 0 Å². The van der Waals surface area contributed by atoms with Gasteiger partial charge in [0.1, 0.15) is 6.10 Å². The summed E-state index contributed by atoms with van der Waals surface area (Å²) in [6.07, 6.45) is 18.2. The number of ether oxygens (including phenoxy) is 1. The third-order valence-corrected chi connectivity index (χ3v) is 7.18. The molecule has 2 atom stereocenters. The SMILES string of the molecule is CCCCCCCCCCCCCCCCC(=O)N[C@@H](CN1CCOCC1)[C@H](O)c1ccccc1. The Morgan fingerprint density at radius 1 is 0.857 bits per heavy atom. The molecule has 1 fully saturated rings. The molecule has 0 saturated carbocycles. The van der Waals surface area contributed by atoms with Crippen LogP contribution in [0.25, 0.3) is 0 Å². The first kappa shape index (κ1) is 29.8. The Labute approximate surface area is 215 Å². The average Bonchev–Trinajstić information content (AvgIpc) is 2.89. The maximum atomic E-state index is 12.7. The van der Waals surface area contributed by atoms with Crippen molar-refractivity contribution in [2.75, 3.05) is 32.8 Å². The molecule has 5 nitrogen and oxygen atoms in total. The summed E-state index contributed by atoms with van der Waals surface area (Å²) in [7, 11) is 0. The minimum atomic E-state index is -0.709. The number of nitrogens with zero attached hydrogens (tertiary/aromatic N) is 1. The molecule has 5 heteroatoms. The number of hydrogen-bond acceptors (Lipinski definition) is 4. The molecule has 0 spiro atoms. The lowest BCUT2D eigenvalue weighted by atomic mass is 10.0. The predicted octanol–water partition coefficient (Wildman–Crippen LogP) is 6.41. The van der Waals surface area contributed by atoms with Crippen molar-refractivity contribution < 1.29 is 14.6 Å². The lowest BCUT2D eigenvalue weighted by Crippen LogP contribution is -2.49. The number of unbranched alkanes of at least 4 members (excludes halogenated alkanes) is 13. The number of carbonyl (C=O) groups is 1. The third-order valence-electron chi connectivity index (χ3n) is 7.18. The van der Waals surface area contributed by atoms with Crippen LogP contribution in [0.3, 0.4) is 0 Å². The summed E-state index contributed by atoms with van der Waals surface area (Å²) in [5.41, 5.74) is 0.850. The van der Waals surface area contributed by atoms with Gasteiger partial charge in [-0.05, 0) is 12.0 Å². The van der Waals surface area contributed by atoms with Crippen molar-refractivity contribution in [2.45, 2.75) is 115 Å². The molecule has 2 N–H and O–H groups in total. The van der Waals surface area contributed by atoms with Gasteiger partial charge in [0.05, 0.1) is 19.3 Å². The Bertz CT molecular complexity index is 634. The van der Waals surface area contributed by atoms with Crippen LogP contribution in [0.1, 0.15) is 115 Å². The van der Waals surface area contributed by atoms with E-state index in [-0.39, 0.29) is 11.9 Å². The summed E-state index contributed by atoms with van der Waals surface area (Å²) in [6, 6.07) is 9.35. The highest BCUT2D eigenvalue weighted by atomic mass is 16.5. The zero-order valence-electron chi connectivity index (χ0n) is 22.4. The third kappa shape index (κ3) is 14.0. The number of rotatable bonds is 20. The molecule has 1 amide bonds. The van der Waals surface area contributed by atoms with Crippen molar-refractivity contribution in [1.29, 1.82) is 0 Å². The van der Waals surface area contributed by atoms with E-state index in [4.69, 9.17) is 4.74 Å². The summed E-state index contributed by atoms with van der Waals surface area (Å²) in [4.78, 5) is 15.0. The highest BCUT2D eigenvalue weighted by Crippen LogP contribution is 2.19. The quantitative estimate of drug-likeness (QED) is 0.208. The van der Waals surface area contributed by atoms with E-state index >= 15 is 0 Å². The Hall–Kier alpha value is -1.43.